The van der Waals surface area contributed by atoms with Crippen molar-refractivity contribution in [2.45, 2.75) is 25.5 Å². The van der Waals surface area contributed by atoms with Gasteiger partial charge in [0.15, 0.2) is 0 Å². The first kappa shape index (κ1) is 13.6. The number of thioether (sulfide) groups is 1. The molecule has 0 saturated carbocycles. The van der Waals surface area contributed by atoms with Gasteiger partial charge in [0.05, 0.1) is 0 Å². The highest BCUT2D eigenvalue weighted by Gasteiger charge is 2.33. The third-order valence-electron chi connectivity index (χ3n) is 2.79. The van der Waals surface area contributed by atoms with E-state index in [1.807, 2.05) is 32.0 Å². The molecule has 1 heterocycles. The number of anilines is 1. The fourth-order valence-electron chi connectivity index (χ4n) is 1.85. The molecule has 1 fully saturated rings. The molecule has 1 aliphatic heterocycles. The fourth-order valence-corrected chi connectivity index (χ4v) is 2.67. The lowest BCUT2D eigenvalue weighted by Crippen LogP contribution is -2.27. The van der Waals surface area contributed by atoms with Crippen molar-refractivity contribution < 1.29 is 14.4 Å². The third kappa shape index (κ3) is 3.35. The van der Waals surface area contributed by atoms with Gasteiger partial charge in [-0.2, -0.15) is 0 Å². The van der Waals surface area contributed by atoms with Gasteiger partial charge < -0.3 is 5.32 Å². The van der Waals surface area contributed by atoms with Gasteiger partial charge in [-0.15, -0.1) is 0 Å². The second-order valence-electron chi connectivity index (χ2n) is 4.45. The molecule has 0 aliphatic carbocycles. The maximum atomic E-state index is 11.8. The predicted octanol–water partition coefficient (Wildman–Crippen LogP) is 1.98. The zero-order chi connectivity index (χ0) is 14.0. The molecule has 0 radical (unpaired) electrons. The zero-order valence-corrected chi connectivity index (χ0v) is 11.5. The maximum Gasteiger partial charge on any atom is 0.286 e. The molecule has 2 N–H and O–H groups in total. The molecule has 0 bridgehead atoms. The van der Waals surface area contributed by atoms with E-state index in [1.165, 1.54) is 0 Å². The Morgan fingerprint density at radius 3 is 2.68 bits per heavy atom. The van der Waals surface area contributed by atoms with E-state index in [1.54, 1.807) is 0 Å². The lowest BCUT2D eigenvalue weighted by atomic mass is 10.1. The van der Waals surface area contributed by atoms with Crippen LogP contribution in [0.4, 0.5) is 10.5 Å². The molecule has 1 saturated heterocycles. The first-order chi connectivity index (χ1) is 8.95. The summed E-state index contributed by atoms with van der Waals surface area (Å²) >= 11 is 0.859. The number of aryl methyl sites for hydroxylation is 2. The molecule has 1 atom stereocenters. The standard InChI is InChI=1S/C13H14N2O3S/c1-7-3-4-9(8(2)5-7)14-11(16)6-10-12(17)15-13(18)19-10/h3-5,10H,6H2,1-2H3,(H,14,16)(H,15,17,18). The van der Waals surface area contributed by atoms with Gasteiger partial charge in [0.25, 0.3) is 5.24 Å². The van der Waals surface area contributed by atoms with Gasteiger partial charge in [-0.05, 0) is 25.5 Å². The van der Waals surface area contributed by atoms with Crippen LogP contribution in [-0.2, 0) is 9.59 Å². The van der Waals surface area contributed by atoms with Crippen LogP contribution in [0.2, 0.25) is 0 Å². The number of nitrogens with one attached hydrogen (secondary N) is 2. The van der Waals surface area contributed by atoms with E-state index >= 15 is 0 Å². The largest absolute Gasteiger partial charge is 0.326 e. The van der Waals surface area contributed by atoms with Gasteiger partial charge in [-0.25, -0.2) is 0 Å². The van der Waals surface area contributed by atoms with E-state index in [0.29, 0.717) is 0 Å². The average molecular weight is 278 g/mol. The third-order valence-corrected chi connectivity index (χ3v) is 3.78. The summed E-state index contributed by atoms with van der Waals surface area (Å²) < 4.78 is 0. The van der Waals surface area contributed by atoms with Crippen molar-refractivity contribution in [3.8, 4) is 0 Å². The van der Waals surface area contributed by atoms with Crippen LogP contribution in [0.1, 0.15) is 17.5 Å². The SMILES string of the molecule is Cc1ccc(NC(=O)CC2SC(=O)NC2=O)c(C)c1. The Labute approximate surface area is 115 Å². The van der Waals surface area contributed by atoms with E-state index in [-0.39, 0.29) is 12.3 Å². The van der Waals surface area contributed by atoms with E-state index in [9.17, 15) is 14.4 Å². The molecule has 5 nitrogen and oxygen atoms in total. The van der Waals surface area contributed by atoms with Gasteiger partial charge >= 0.3 is 0 Å². The van der Waals surface area contributed by atoms with E-state index in [4.69, 9.17) is 0 Å². The Morgan fingerprint density at radius 1 is 1.37 bits per heavy atom. The summed E-state index contributed by atoms with van der Waals surface area (Å²) in [6, 6.07) is 5.70. The van der Waals surface area contributed by atoms with Crippen molar-refractivity contribution in [3.63, 3.8) is 0 Å². The topological polar surface area (TPSA) is 75.3 Å². The van der Waals surface area contributed by atoms with Crippen molar-refractivity contribution in [2.75, 3.05) is 5.32 Å². The maximum absolute atomic E-state index is 11.8. The van der Waals surface area contributed by atoms with Gasteiger partial charge in [0, 0.05) is 12.1 Å². The van der Waals surface area contributed by atoms with Crippen molar-refractivity contribution in [1.82, 2.24) is 5.32 Å². The molecule has 1 aromatic carbocycles. The Morgan fingerprint density at radius 2 is 2.11 bits per heavy atom. The predicted molar refractivity (Wildman–Crippen MR) is 74.1 cm³/mol. The van der Waals surface area contributed by atoms with Crippen molar-refractivity contribution in [3.05, 3.63) is 29.3 Å². The molecule has 6 heteroatoms. The molecule has 1 aromatic rings. The lowest BCUT2D eigenvalue weighted by molar-refractivity contribution is -0.122. The van der Waals surface area contributed by atoms with Gasteiger partial charge in [0.1, 0.15) is 5.25 Å². The number of benzene rings is 1. The minimum absolute atomic E-state index is 0.00441. The van der Waals surface area contributed by atoms with Crippen LogP contribution in [0.25, 0.3) is 0 Å². The quantitative estimate of drug-likeness (QED) is 0.886. The smallest absolute Gasteiger partial charge is 0.286 e. The van der Waals surface area contributed by atoms with Crippen LogP contribution in [0, 0.1) is 13.8 Å². The number of carbonyl (C=O) groups is 3. The van der Waals surface area contributed by atoms with Crippen LogP contribution < -0.4 is 10.6 Å². The molecule has 19 heavy (non-hydrogen) atoms. The summed E-state index contributed by atoms with van der Waals surface area (Å²) in [6.07, 6.45) is -0.00441. The Kier molecular flexibility index (Phi) is 3.90. The highest BCUT2D eigenvalue weighted by molar-refractivity contribution is 8.15. The Bertz CT molecular complexity index is 557. The number of rotatable bonds is 3. The van der Waals surface area contributed by atoms with Crippen molar-refractivity contribution in [2.24, 2.45) is 0 Å². The molecule has 1 aliphatic rings. The zero-order valence-electron chi connectivity index (χ0n) is 10.6. The summed E-state index contributed by atoms with van der Waals surface area (Å²) in [4.78, 5) is 34.2. The average Bonchev–Trinajstić information content (AvgIpc) is 2.61. The van der Waals surface area contributed by atoms with E-state index in [0.717, 1.165) is 28.6 Å². The lowest BCUT2D eigenvalue weighted by Gasteiger charge is -2.10. The minimum atomic E-state index is -0.627. The number of hydrogen-bond donors (Lipinski definition) is 2. The van der Waals surface area contributed by atoms with Gasteiger partial charge in [0.2, 0.25) is 11.8 Å². The summed E-state index contributed by atoms with van der Waals surface area (Å²) in [5, 5.41) is 3.90. The monoisotopic (exact) mass is 278 g/mol. The fraction of sp³-hybridized carbons (Fsp3) is 0.308. The van der Waals surface area contributed by atoms with Crippen molar-refractivity contribution >= 4 is 34.5 Å². The second-order valence-corrected chi connectivity index (χ2v) is 5.63. The highest BCUT2D eigenvalue weighted by atomic mass is 32.2. The molecule has 3 amide bonds. The van der Waals surface area contributed by atoms with Crippen molar-refractivity contribution in [1.29, 1.82) is 0 Å². The second kappa shape index (κ2) is 5.44. The van der Waals surface area contributed by atoms with E-state index < -0.39 is 16.4 Å². The van der Waals surface area contributed by atoms with Gasteiger partial charge in [-0.1, -0.05) is 29.5 Å². The number of hydrogen-bond acceptors (Lipinski definition) is 4. The van der Waals surface area contributed by atoms with Crippen LogP contribution in [0.5, 0.6) is 0 Å². The summed E-state index contributed by atoms with van der Waals surface area (Å²) in [7, 11) is 0. The molecule has 0 aromatic heterocycles. The number of carbonyl (C=O) groups excluding carboxylic acids is 3. The Hall–Kier alpha value is -1.82. The molecule has 0 spiro atoms. The molecular weight excluding hydrogens is 264 g/mol. The highest BCUT2D eigenvalue weighted by Crippen LogP contribution is 2.23. The van der Waals surface area contributed by atoms with E-state index in [2.05, 4.69) is 10.6 Å². The number of imide groups is 1. The van der Waals surface area contributed by atoms with Gasteiger partial charge in [-0.3, -0.25) is 19.7 Å². The summed E-state index contributed by atoms with van der Waals surface area (Å²) in [5.41, 5.74) is 2.81. The molecular formula is C13H14N2O3S. The Balaban J connectivity index is 1.98. The molecule has 2 rings (SSSR count). The normalized spacial score (nSPS) is 18.3. The first-order valence-electron chi connectivity index (χ1n) is 5.84. The van der Waals surface area contributed by atoms with Crippen LogP contribution in [0.3, 0.4) is 0 Å². The van der Waals surface area contributed by atoms with Crippen LogP contribution >= 0.6 is 11.8 Å². The minimum Gasteiger partial charge on any atom is -0.326 e. The number of amides is 3. The van der Waals surface area contributed by atoms with Crippen LogP contribution in [-0.4, -0.2) is 22.3 Å². The molecule has 1 unspecified atom stereocenters. The summed E-state index contributed by atoms with van der Waals surface area (Å²) in [5.74, 6) is -0.667. The molecule has 100 valence electrons. The van der Waals surface area contributed by atoms with Crippen LogP contribution in [0.15, 0.2) is 18.2 Å². The first-order valence-corrected chi connectivity index (χ1v) is 6.72. The summed E-state index contributed by atoms with van der Waals surface area (Å²) in [6.45, 7) is 3.88.